The maximum absolute atomic E-state index is 12.3. The Labute approximate surface area is 140 Å². The molecule has 4 N–H and O–H groups in total. The molecular formula is C14H19Cl2N3OS. The van der Waals surface area contributed by atoms with Crippen molar-refractivity contribution < 1.29 is 4.79 Å². The molecule has 0 bridgehead atoms. The molecular weight excluding hydrogens is 329 g/mol. The summed E-state index contributed by atoms with van der Waals surface area (Å²) < 4.78 is 0. The zero-order valence-electron chi connectivity index (χ0n) is 11.9. The molecule has 1 aromatic carbocycles. The van der Waals surface area contributed by atoms with Crippen LogP contribution < -0.4 is 16.4 Å². The SMILES string of the molecule is CC(C)(NC(=O)c1cc(Cl)cc(Cl)c1)/C(N)=C/NCCS. The summed E-state index contributed by atoms with van der Waals surface area (Å²) in [6.45, 7) is 4.31. The highest BCUT2D eigenvalue weighted by atomic mass is 35.5. The van der Waals surface area contributed by atoms with Gasteiger partial charge in [-0.15, -0.1) is 0 Å². The smallest absolute Gasteiger partial charge is 0.252 e. The van der Waals surface area contributed by atoms with Crippen molar-refractivity contribution in [2.75, 3.05) is 12.3 Å². The average Bonchev–Trinajstić information content (AvgIpc) is 2.37. The average molecular weight is 348 g/mol. The Morgan fingerprint density at radius 1 is 1.33 bits per heavy atom. The highest BCUT2D eigenvalue weighted by molar-refractivity contribution is 7.80. The Bertz CT molecular complexity index is 527. The van der Waals surface area contributed by atoms with Gasteiger partial charge in [-0.1, -0.05) is 23.2 Å². The van der Waals surface area contributed by atoms with Gasteiger partial charge in [-0.2, -0.15) is 12.6 Å². The van der Waals surface area contributed by atoms with Gasteiger partial charge in [0, 0.05) is 39.8 Å². The van der Waals surface area contributed by atoms with Crippen LogP contribution in [0.15, 0.2) is 30.1 Å². The van der Waals surface area contributed by atoms with Gasteiger partial charge in [0.15, 0.2) is 0 Å². The summed E-state index contributed by atoms with van der Waals surface area (Å²) in [5, 5.41) is 6.67. The summed E-state index contributed by atoms with van der Waals surface area (Å²) in [5.41, 5.74) is 6.16. The summed E-state index contributed by atoms with van der Waals surface area (Å²) in [6, 6.07) is 4.68. The third-order valence-electron chi connectivity index (χ3n) is 2.79. The Kier molecular flexibility index (Phi) is 6.71. The van der Waals surface area contributed by atoms with Crippen LogP contribution in [-0.4, -0.2) is 23.7 Å². The molecule has 0 aromatic heterocycles. The molecule has 0 saturated carbocycles. The van der Waals surface area contributed by atoms with Gasteiger partial charge in [-0.3, -0.25) is 4.79 Å². The lowest BCUT2D eigenvalue weighted by molar-refractivity contribution is 0.0923. The van der Waals surface area contributed by atoms with Crippen LogP contribution in [0, 0.1) is 0 Å². The standard InChI is InChI=1S/C14H19Cl2N3OS/c1-14(2,12(17)8-18-3-4-21)19-13(20)9-5-10(15)7-11(16)6-9/h5-8,18,21H,3-4,17H2,1-2H3,(H,19,20)/b12-8-. The van der Waals surface area contributed by atoms with E-state index in [1.807, 2.05) is 13.8 Å². The highest BCUT2D eigenvalue weighted by Gasteiger charge is 2.24. The van der Waals surface area contributed by atoms with Crippen molar-refractivity contribution >= 4 is 41.7 Å². The number of rotatable bonds is 6. The van der Waals surface area contributed by atoms with E-state index < -0.39 is 5.54 Å². The summed E-state index contributed by atoms with van der Waals surface area (Å²) >= 11 is 15.9. The van der Waals surface area contributed by atoms with Crippen LogP contribution >= 0.6 is 35.8 Å². The molecule has 0 aliphatic heterocycles. The summed E-state index contributed by atoms with van der Waals surface area (Å²) in [5.74, 6) is 0.396. The van der Waals surface area contributed by atoms with Crippen LogP contribution in [0.4, 0.5) is 0 Å². The molecule has 0 aliphatic carbocycles. The van der Waals surface area contributed by atoms with E-state index in [4.69, 9.17) is 28.9 Å². The fraction of sp³-hybridized carbons (Fsp3) is 0.357. The second-order valence-corrected chi connectivity index (χ2v) is 6.33. The molecule has 1 amide bonds. The molecule has 0 heterocycles. The first-order valence-corrected chi connectivity index (χ1v) is 7.74. The number of hydrogen-bond donors (Lipinski definition) is 4. The number of carbonyl (C=O) groups excluding carboxylic acids is 1. The van der Waals surface area contributed by atoms with Gasteiger partial charge in [0.25, 0.3) is 5.91 Å². The lowest BCUT2D eigenvalue weighted by Crippen LogP contribution is -2.47. The first kappa shape index (κ1) is 18.0. The Morgan fingerprint density at radius 2 is 1.90 bits per heavy atom. The third-order valence-corrected chi connectivity index (χ3v) is 3.45. The molecule has 116 valence electrons. The van der Waals surface area contributed by atoms with Crippen LogP contribution in [0.1, 0.15) is 24.2 Å². The van der Waals surface area contributed by atoms with Crippen molar-refractivity contribution in [1.82, 2.24) is 10.6 Å². The van der Waals surface area contributed by atoms with E-state index >= 15 is 0 Å². The van der Waals surface area contributed by atoms with Crippen molar-refractivity contribution in [1.29, 1.82) is 0 Å². The number of halogens is 2. The molecule has 1 aromatic rings. The number of nitrogens with two attached hydrogens (primary N) is 1. The molecule has 21 heavy (non-hydrogen) atoms. The lowest BCUT2D eigenvalue weighted by atomic mass is 10.0. The van der Waals surface area contributed by atoms with Crippen molar-refractivity contribution in [2.24, 2.45) is 5.73 Å². The second kappa shape index (κ2) is 7.82. The first-order valence-electron chi connectivity index (χ1n) is 6.35. The lowest BCUT2D eigenvalue weighted by Gasteiger charge is -2.27. The molecule has 0 saturated heterocycles. The van der Waals surface area contributed by atoms with Crippen LogP contribution in [0.3, 0.4) is 0 Å². The van der Waals surface area contributed by atoms with Crippen LogP contribution in [0.25, 0.3) is 0 Å². The summed E-state index contributed by atoms with van der Waals surface area (Å²) in [7, 11) is 0. The molecule has 0 radical (unpaired) electrons. The number of thiol groups is 1. The maximum atomic E-state index is 12.3. The highest BCUT2D eigenvalue weighted by Crippen LogP contribution is 2.20. The molecule has 0 fully saturated rings. The van der Waals surface area contributed by atoms with Gasteiger partial charge >= 0.3 is 0 Å². The number of carbonyl (C=O) groups is 1. The fourth-order valence-electron chi connectivity index (χ4n) is 1.54. The van der Waals surface area contributed by atoms with E-state index in [1.54, 1.807) is 24.4 Å². The Balaban J connectivity index is 2.82. The van der Waals surface area contributed by atoms with E-state index in [2.05, 4.69) is 23.3 Å². The summed E-state index contributed by atoms with van der Waals surface area (Å²) in [6.07, 6.45) is 1.67. The summed E-state index contributed by atoms with van der Waals surface area (Å²) in [4.78, 5) is 12.3. The van der Waals surface area contributed by atoms with Gasteiger partial charge in [0.2, 0.25) is 0 Å². The van der Waals surface area contributed by atoms with Crippen LogP contribution in [-0.2, 0) is 0 Å². The molecule has 0 spiro atoms. The minimum atomic E-state index is -0.713. The van der Waals surface area contributed by atoms with Crippen LogP contribution in [0.5, 0.6) is 0 Å². The van der Waals surface area contributed by atoms with Gasteiger partial charge in [0.1, 0.15) is 0 Å². The molecule has 7 heteroatoms. The monoisotopic (exact) mass is 347 g/mol. The van der Waals surface area contributed by atoms with Gasteiger partial charge < -0.3 is 16.4 Å². The van der Waals surface area contributed by atoms with E-state index in [0.717, 1.165) is 0 Å². The van der Waals surface area contributed by atoms with Gasteiger partial charge in [-0.05, 0) is 32.0 Å². The zero-order chi connectivity index (χ0) is 16.0. The second-order valence-electron chi connectivity index (χ2n) is 5.01. The van der Waals surface area contributed by atoms with Gasteiger partial charge in [0.05, 0.1) is 5.54 Å². The van der Waals surface area contributed by atoms with E-state index in [-0.39, 0.29) is 5.91 Å². The van der Waals surface area contributed by atoms with E-state index in [1.165, 1.54) is 0 Å². The first-order chi connectivity index (χ1) is 9.76. The quantitative estimate of drug-likeness (QED) is 0.472. The number of amides is 1. The Morgan fingerprint density at radius 3 is 2.43 bits per heavy atom. The number of benzene rings is 1. The molecule has 0 aliphatic rings. The number of nitrogens with one attached hydrogen (secondary N) is 2. The van der Waals surface area contributed by atoms with Crippen LogP contribution in [0.2, 0.25) is 10.0 Å². The van der Waals surface area contributed by atoms with Crippen molar-refractivity contribution in [2.45, 2.75) is 19.4 Å². The van der Waals surface area contributed by atoms with Crippen molar-refractivity contribution in [3.63, 3.8) is 0 Å². The predicted molar refractivity (Wildman–Crippen MR) is 92.1 cm³/mol. The van der Waals surface area contributed by atoms with Crippen molar-refractivity contribution in [3.05, 3.63) is 45.7 Å². The largest absolute Gasteiger partial charge is 0.399 e. The molecule has 4 nitrogen and oxygen atoms in total. The minimum Gasteiger partial charge on any atom is -0.399 e. The topological polar surface area (TPSA) is 67.2 Å². The Hall–Kier alpha value is -1.04. The van der Waals surface area contributed by atoms with E-state index in [9.17, 15) is 4.79 Å². The predicted octanol–water partition coefficient (Wildman–Crippen LogP) is 2.82. The zero-order valence-corrected chi connectivity index (χ0v) is 14.3. The molecule has 0 atom stereocenters. The van der Waals surface area contributed by atoms with E-state index in [0.29, 0.717) is 33.6 Å². The molecule has 1 rings (SSSR count). The fourth-order valence-corrected chi connectivity index (χ4v) is 2.20. The minimum absolute atomic E-state index is 0.296. The molecule has 0 unspecified atom stereocenters. The maximum Gasteiger partial charge on any atom is 0.252 e. The third kappa shape index (κ3) is 5.69. The van der Waals surface area contributed by atoms with Gasteiger partial charge in [-0.25, -0.2) is 0 Å². The van der Waals surface area contributed by atoms with Crippen molar-refractivity contribution in [3.8, 4) is 0 Å². The number of hydrogen-bond acceptors (Lipinski definition) is 4. The normalized spacial score (nSPS) is 12.1.